The molecule has 9 nitrogen and oxygen atoms in total. The number of nitrogens with one attached hydrogen (secondary N) is 1. The zero-order valence-corrected chi connectivity index (χ0v) is 15.5. The van der Waals surface area contributed by atoms with Gasteiger partial charge in [0.15, 0.2) is 11.5 Å². The van der Waals surface area contributed by atoms with Crippen LogP contribution in [0.25, 0.3) is 17.0 Å². The van der Waals surface area contributed by atoms with Crippen molar-refractivity contribution in [3.05, 3.63) is 51.8 Å². The van der Waals surface area contributed by atoms with Crippen LogP contribution in [0, 0.1) is 5.82 Å². The summed E-state index contributed by atoms with van der Waals surface area (Å²) >= 11 is 0. The Hall–Kier alpha value is -2.63. The summed E-state index contributed by atoms with van der Waals surface area (Å²) in [7, 11) is -1.65. The van der Waals surface area contributed by atoms with Crippen LogP contribution < -0.4 is 5.69 Å². The minimum atomic E-state index is -3.67. The van der Waals surface area contributed by atoms with Gasteiger partial charge in [-0.05, 0) is 19.2 Å². The Kier molecular flexibility index (Phi) is 5.09. The van der Waals surface area contributed by atoms with E-state index in [1.807, 2.05) is 7.05 Å². The molecule has 2 N–H and O–H groups in total. The molecule has 3 heterocycles. The molecule has 0 radical (unpaired) electrons. The van der Waals surface area contributed by atoms with Gasteiger partial charge in [-0.25, -0.2) is 14.2 Å². The Morgan fingerprint density at radius 3 is 2.63 bits per heavy atom. The largest absolute Gasteiger partial charge is 0.348 e. The van der Waals surface area contributed by atoms with Crippen molar-refractivity contribution in [3.63, 3.8) is 0 Å². The number of aromatic nitrogens is 4. The van der Waals surface area contributed by atoms with Gasteiger partial charge in [0, 0.05) is 30.8 Å². The molecular formula is C16H18FN5O4S. The lowest BCUT2D eigenvalue weighted by Crippen LogP contribution is -2.31. The van der Waals surface area contributed by atoms with Crippen molar-refractivity contribution in [3.8, 4) is 11.4 Å². The van der Waals surface area contributed by atoms with Gasteiger partial charge in [-0.3, -0.25) is 4.55 Å². The Labute approximate surface area is 154 Å². The van der Waals surface area contributed by atoms with E-state index in [4.69, 9.17) is 4.55 Å². The molecule has 1 aliphatic heterocycles. The first-order valence-electron chi connectivity index (χ1n) is 8.00. The van der Waals surface area contributed by atoms with Gasteiger partial charge >= 0.3 is 5.69 Å². The van der Waals surface area contributed by atoms with Crippen molar-refractivity contribution in [2.45, 2.75) is 13.0 Å². The summed E-state index contributed by atoms with van der Waals surface area (Å²) in [5.74, 6) is -0.175. The molecule has 0 saturated heterocycles. The number of benzene rings is 1. The maximum Gasteiger partial charge on any atom is 0.348 e. The quantitative estimate of drug-likeness (QED) is 0.582. The second-order valence-electron chi connectivity index (χ2n) is 6.26. The van der Waals surface area contributed by atoms with Gasteiger partial charge in [-0.1, -0.05) is 12.1 Å². The maximum atomic E-state index is 13.9. The molecule has 11 heteroatoms. The second kappa shape index (κ2) is 7.18. The molecule has 0 amide bonds. The first-order valence-corrected chi connectivity index (χ1v) is 9.85. The second-order valence-corrected chi connectivity index (χ2v) is 7.72. The number of likely N-dealkylation sites (N-methyl/N-ethyl adjacent to an activating group) is 1. The normalized spacial score (nSPS) is 14.5. The lowest BCUT2D eigenvalue weighted by molar-refractivity contribution is 0.310. The molecule has 0 fully saturated rings. The molecule has 27 heavy (non-hydrogen) atoms. The Morgan fingerprint density at radius 1 is 1.30 bits per heavy atom. The summed E-state index contributed by atoms with van der Waals surface area (Å²) in [6.07, 6.45) is 1.48. The molecule has 0 unspecified atom stereocenters. The van der Waals surface area contributed by atoms with Gasteiger partial charge in [-0.2, -0.15) is 12.9 Å². The molecule has 0 spiro atoms. The minimum Gasteiger partial charge on any atom is -0.309 e. The SMILES string of the molecule is CN1CCc2[nH]c(=O)n3nc(-c4ccccc4F)nc3c2C1.CS(=O)(=O)O. The summed E-state index contributed by atoms with van der Waals surface area (Å²) in [6, 6.07) is 6.29. The van der Waals surface area contributed by atoms with Crippen LogP contribution in [0.4, 0.5) is 4.39 Å². The van der Waals surface area contributed by atoms with Crippen LogP contribution in [0.3, 0.4) is 0 Å². The fourth-order valence-electron chi connectivity index (χ4n) is 2.83. The fraction of sp³-hybridized carbons (Fsp3) is 0.312. The van der Waals surface area contributed by atoms with E-state index in [-0.39, 0.29) is 11.5 Å². The first kappa shape index (κ1) is 19.1. The molecule has 2 aromatic heterocycles. The fourth-order valence-corrected chi connectivity index (χ4v) is 2.83. The van der Waals surface area contributed by atoms with Gasteiger partial charge in [0.05, 0.1) is 11.8 Å². The van der Waals surface area contributed by atoms with Crippen molar-refractivity contribution in [2.75, 3.05) is 19.8 Å². The lowest BCUT2D eigenvalue weighted by Gasteiger charge is -2.24. The van der Waals surface area contributed by atoms with Crippen molar-refractivity contribution in [1.82, 2.24) is 24.5 Å². The van der Waals surface area contributed by atoms with Crippen LogP contribution in [0.15, 0.2) is 29.1 Å². The number of aromatic amines is 1. The number of hydrogen-bond acceptors (Lipinski definition) is 6. The highest BCUT2D eigenvalue weighted by atomic mass is 32.2. The standard InChI is InChI=1S/C15H14FN5O.CH4O3S/c1-20-7-6-12-10(8-20)14-18-13(19-21(14)15(22)17-12)9-4-2-3-5-11(9)16;1-5(2,3)4/h2-5H,6-8H2,1H3,(H,17,22);1H3,(H,2,3,4). The molecule has 0 aliphatic carbocycles. The number of rotatable bonds is 1. The third-order valence-corrected chi connectivity index (χ3v) is 3.98. The summed E-state index contributed by atoms with van der Waals surface area (Å²) < 4.78 is 41.0. The van der Waals surface area contributed by atoms with E-state index in [0.29, 0.717) is 24.0 Å². The van der Waals surface area contributed by atoms with Crippen molar-refractivity contribution in [1.29, 1.82) is 0 Å². The summed E-state index contributed by atoms with van der Waals surface area (Å²) in [5.41, 5.74) is 2.30. The predicted molar refractivity (Wildman–Crippen MR) is 96.5 cm³/mol. The van der Waals surface area contributed by atoms with E-state index in [1.165, 1.54) is 10.6 Å². The molecule has 4 rings (SSSR count). The number of hydrogen-bond donors (Lipinski definition) is 2. The molecule has 3 aromatic rings. The van der Waals surface area contributed by atoms with Crippen molar-refractivity contribution >= 4 is 15.8 Å². The predicted octanol–water partition coefficient (Wildman–Crippen LogP) is 0.716. The average Bonchev–Trinajstić information content (AvgIpc) is 3.01. The van der Waals surface area contributed by atoms with Crippen LogP contribution in [0.2, 0.25) is 0 Å². The zero-order chi connectivity index (χ0) is 19.8. The summed E-state index contributed by atoms with van der Waals surface area (Å²) in [5, 5.41) is 4.18. The molecule has 0 saturated carbocycles. The molecule has 1 aromatic carbocycles. The highest BCUT2D eigenvalue weighted by Crippen LogP contribution is 2.23. The number of halogens is 1. The third kappa shape index (κ3) is 4.38. The maximum absolute atomic E-state index is 13.9. The van der Waals surface area contributed by atoms with Crippen LogP contribution in [0.1, 0.15) is 11.3 Å². The lowest BCUT2D eigenvalue weighted by atomic mass is 10.1. The monoisotopic (exact) mass is 395 g/mol. The van der Waals surface area contributed by atoms with Crippen LogP contribution in [-0.2, 0) is 23.1 Å². The molecule has 0 bridgehead atoms. The summed E-state index contributed by atoms with van der Waals surface area (Å²) in [6.45, 7) is 1.57. The summed E-state index contributed by atoms with van der Waals surface area (Å²) in [4.78, 5) is 21.6. The highest BCUT2D eigenvalue weighted by Gasteiger charge is 2.21. The van der Waals surface area contributed by atoms with E-state index < -0.39 is 15.9 Å². The zero-order valence-electron chi connectivity index (χ0n) is 14.7. The van der Waals surface area contributed by atoms with Crippen LogP contribution in [-0.4, -0.2) is 57.3 Å². The van der Waals surface area contributed by atoms with Gasteiger partial charge in [0.1, 0.15) is 5.82 Å². The van der Waals surface area contributed by atoms with Crippen molar-refractivity contribution in [2.24, 2.45) is 0 Å². The first-order chi connectivity index (χ1) is 12.6. The van der Waals surface area contributed by atoms with Gasteiger partial charge in [-0.15, -0.1) is 5.10 Å². The number of H-pyrrole nitrogens is 1. The topological polar surface area (TPSA) is 121 Å². The molecular weight excluding hydrogens is 377 g/mol. The van der Waals surface area contributed by atoms with Crippen LogP contribution >= 0.6 is 0 Å². The average molecular weight is 395 g/mol. The molecule has 1 aliphatic rings. The smallest absolute Gasteiger partial charge is 0.309 e. The van der Waals surface area contributed by atoms with Crippen molar-refractivity contribution < 1.29 is 17.4 Å². The van der Waals surface area contributed by atoms with E-state index in [1.54, 1.807) is 18.2 Å². The van der Waals surface area contributed by atoms with Gasteiger partial charge in [0.2, 0.25) is 0 Å². The number of fused-ring (bicyclic) bond motifs is 3. The Balaban J connectivity index is 0.000000376. The molecule has 144 valence electrons. The Morgan fingerprint density at radius 2 is 1.96 bits per heavy atom. The van der Waals surface area contributed by atoms with Gasteiger partial charge in [0.25, 0.3) is 10.1 Å². The van der Waals surface area contributed by atoms with E-state index in [0.717, 1.165) is 24.2 Å². The van der Waals surface area contributed by atoms with Crippen LogP contribution in [0.5, 0.6) is 0 Å². The van der Waals surface area contributed by atoms with E-state index in [9.17, 15) is 17.6 Å². The van der Waals surface area contributed by atoms with Gasteiger partial charge < -0.3 is 9.88 Å². The molecule has 0 atom stereocenters. The van der Waals surface area contributed by atoms with E-state index >= 15 is 0 Å². The van der Waals surface area contributed by atoms with E-state index in [2.05, 4.69) is 20.0 Å². The Bertz CT molecular complexity index is 1150. The minimum absolute atomic E-state index is 0.227. The third-order valence-electron chi connectivity index (χ3n) is 3.98. The number of nitrogens with zero attached hydrogens (tertiary/aromatic N) is 4. The highest BCUT2D eigenvalue weighted by molar-refractivity contribution is 7.85.